The van der Waals surface area contributed by atoms with Crippen LogP contribution < -0.4 is 5.32 Å². The second-order valence-corrected chi connectivity index (χ2v) is 6.39. The summed E-state index contributed by atoms with van der Waals surface area (Å²) in [7, 11) is -3.00. The van der Waals surface area contributed by atoms with Crippen molar-refractivity contribution in [1.82, 2.24) is 5.32 Å². The Hall–Kier alpha value is -0.130. The lowest BCUT2D eigenvalue weighted by Gasteiger charge is -2.17. The van der Waals surface area contributed by atoms with Gasteiger partial charge in [-0.1, -0.05) is 20.8 Å². The van der Waals surface area contributed by atoms with Gasteiger partial charge in [-0.05, 0) is 18.9 Å². The van der Waals surface area contributed by atoms with E-state index in [9.17, 15) is 8.42 Å². The van der Waals surface area contributed by atoms with Gasteiger partial charge in [0.05, 0.1) is 11.5 Å². The number of hydrogen-bond acceptors (Lipinski definition) is 4. The van der Waals surface area contributed by atoms with Crippen molar-refractivity contribution in [3.8, 4) is 0 Å². The third kappa shape index (κ3) is 7.76. The van der Waals surface area contributed by atoms with Gasteiger partial charge in [-0.3, -0.25) is 0 Å². The highest BCUT2D eigenvalue weighted by atomic mass is 32.2. The van der Waals surface area contributed by atoms with Crippen molar-refractivity contribution >= 4 is 9.84 Å². The Morgan fingerprint density at radius 1 is 1.27 bits per heavy atom. The molecule has 0 fully saturated rings. The van der Waals surface area contributed by atoms with Gasteiger partial charge in [0, 0.05) is 12.6 Å². The van der Waals surface area contributed by atoms with Gasteiger partial charge in [-0.2, -0.15) is 0 Å². The minimum Gasteiger partial charge on any atom is -0.396 e. The molecule has 0 aliphatic carbocycles. The fraction of sp³-hybridized carbons (Fsp3) is 1.00. The summed E-state index contributed by atoms with van der Waals surface area (Å²) >= 11 is 0. The number of nitrogens with one attached hydrogen (secondary N) is 1. The molecule has 4 nitrogen and oxygen atoms in total. The van der Waals surface area contributed by atoms with Crippen molar-refractivity contribution in [3.05, 3.63) is 0 Å². The van der Waals surface area contributed by atoms with Crippen LogP contribution in [-0.4, -0.2) is 44.2 Å². The molecule has 2 N–H and O–H groups in total. The Bertz CT molecular complexity index is 243. The minimum absolute atomic E-state index is 0.0227. The highest BCUT2D eigenvalue weighted by Gasteiger charge is 2.19. The van der Waals surface area contributed by atoms with Gasteiger partial charge in [-0.25, -0.2) is 8.42 Å². The average molecular weight is 237 g/mol. The van der Waals surface area contributed by atoms with Gasteiger partial charge >= 0.3 is 0 Å². The summed E-state index contributed by atoms with van der Waals surface area (Å²) in [5, 5.41) is 11.9. The monoisotopic (exact) mass is 237 g/mol. The zero-order valence-electron chi connectivity index (χ0n) is 9.86. The molecule has 0 aromatic heterocycles. The van der Waals surface area contributed by atoms with Gasteiger partial charge in [0.25, 0.3) is 0 Å². The lowest BCUT2D eigenvalue weighted by atomic mass is 10.2. The molecule has 92 valence electrons. The van der Waals surface area contributed by atoms with Crippen molar-refractivity contribution in [1.29, 1.82) is 0 Å². The maximum Gasteiger partial charge on any atom is 0.152 e. The van der Waals surface area contributed by atoms with E-state index >= 15 is 0 Å². The largest absolute Gasteiger partial charge is 0.396 e. The van der Waals surface area contributed by atoms with Crippen LogP contribution in [0.1, 0.15) is 27.2 Å². The Kier molecular flexibility index (Phi) is 7.13. The first-order chi connectivity index (χ1) is 6.91. The molecular weight excluding hydrogens is 214 g/mol. The van der Waals surface area contributed by atoms with E-state index in [1.807, 2.05) is 20.8 Å². The van der Waals surface area contributed by atoms with Crippen molar-refractivity contribution in [3.63, 3.8) is 0 Å². The number of aliphatic hydroxyl groups is 1. The van der Waals surface area contributed by atoms with Crippen LogP contribution in [0.4, 0.5) is 0 Å². The Labute approximate surface area is 93.0 Å². The summed E-state index contributed by atoms with van der Waals surface area (Å²) in [6, 6.07) is -0.122. The van der Waals surface area contributed by atoms with Crippen LogP contribution in [0.5, 0.6) is 0 Å². The number of hydrogen-bond donors (Lipinski definition) is 2. The Balaban J connectivity index is 4.24. The second-order valence-electron chi connectivity index (χ2n) is 4.24. The van der Waals surface area contributed by atoms with Crippen LogP contribution in [0, 0.1) is 5.92 Å². The van der Waals surface area contributed by atoms with Crippen LogP contribution >= 0.6 is 0 Å². The van der Waals surface area contributed by atoms with Crippen molar-refractivity contribution in [2.24, 2.45) is 5.92 Å². The molecule has 0 saturated heterocycles. The fourth-order valence-electron chi connectivity index (χ4n) is 1.57. The van der Waals surface area contributed by atoms with Crippen LogP contribution in [0.15, 0.2) is 0 Å². The fourth-order valence-corrected chi connectivity index (χ4v) is 3.62. The molecule has 1 unspecified atom stereocenters. The molecule has 0 aromatic carbocycles. The molecule has 0 heterocycles. The highest BCUT2D eigenvalue weighted by Crippen LogP contribution is 2.04. The topological polar surface area (TPSA) is 66.4 Å². The van der Waals surface area contributed by atoms with E-state index in [1.54, 1.807) is 0 Å². The molecular formula is C10H23NO3S. The predicted octanol–water partition coefficient (Wildman–Crippen LogP) is 0.418. The summed E-state index contributed by atoms with van der Waals surface area (Å²) < 4.78 is 23.4. The smallest absolute Gasteiger partial charge is 0.152 e. The number of aliphatic hydroxyl groups excluding tert-OH is 1. The Morgan fingerprint density at radius 3 is 2.27 bits per heavy atom. The van der Waals surface area contributed by atoms with Crippen LogP contribution in [0.2, 0.25) is 0 Å². The van der Waals surface area contributed by atoms with Crippen molar-refractivity contribution < 1.29 is 13.5 Å². The summed E-state index contributed by atoms with van der Waals surface area (Å²) in [4.78, 5) is 0. The lowest BCUT2D eigenvalue weighted by molar-refractivity contribution is 0.270. The molecule has 0 aliphatic rings. The van der Waals surface area contributed by atoms with Gasteiger partial charge < -0.3 is 10.4 Å². The predicted molar refractivity (Wildman–Crippen MR) is 62.7 cm³/mol. The molecule has 5 heteroatoms. The molecule has 0 aliphatic heterocycles. The quantitative estimate of drug-likeness (QED) is 0.642. The molecule has 0 saturated carbocycles. The van der Waals surface area contributed by atoms with Crippen molar-refractivity contribution in [2.75, 3.05) is 24.7 Å². The second kappa shape index (κ2) is 7.19. The van der Waals surface area contributed by atoms with E-state index in [2.05, 4.69) is 5.32 Å². The van der Waals surface area contributed by atoms with Crippen molar-refractivity contribution in [2.45, 2.75) is 33.2 Å². The molecule has 1 atom stereocenters. The first-order valence-electron chi connectivity index (χ1n) is 5.46. The normalized spacial score (nSPS) is 14.5. The number of sulfone groups is 1. The van der Waals surface area contributed by atoms with E-state index in [1.165, 1.54) is 0 Å². The van der Waals surface area contributed by atoms with E-state index in [4.69, 9.17) is 5.11 Å². The molecule has 0 aromatic rings. The summed E-state index contributed by atoms with van der Waals surface area (Å²) in [5.74, 6) is 0.506. The number of rotatable bonds is 8. The molecule has 15 heavy (non-hydrogen) atoms. The van der Waals surface area contributed by atoms with Gasteiger partial charge in [-0.15, -0.1) is 0 Å². The third-order valence-electron chi connectivity index (χ3n) is 2.01. The Morgan fingerprint density at radius 2 is 1.87 bits per heavy atom. The zero-order valence-corrected chi connectivity index (χ0v) is 10.7. The van der Waals surface area contributed by atoms with Gasteiger partial charge in [0.1, 0.15) is 0 Å². The molecule has 0 rings (SSSR count). The summed E-state index contributed by atoms with van der Waals surface area (Å²) in [6.07, 6.45) is 0.491. The molecule has 0 radical (unpaired) electrons. The molecule has 0 spiro atoms. The molecule has 0 amide bonds. The van der Waals surface area contributed by atoms with Crippen LogP contribution in [0.3, 0.4) is 0 Å². The maximum atomic E-state index is 11.7. The highest BCUT2D eigenvalue weighted by molar-refractivity contribution is 7.91. The summed E-state index contributed by atoms with van der Waals surface area (Å²) in [5.41, 5.74) is 0. The van der Waals surface area contributed by atoms with Crippen LogP contribution in [-0.2, 0) is 9.84 Å². The molecule has 0 bridgehead atoms. The van der Waals surface area contributed by atoms with E-state index in [-0.39, 0.29) is 30.1 Å². The minimum atomic E-state index is -3.00. The zero-order chi connectivity index (χ0) is 11.9. The maximum absolute atomic E-state index is 11.7. The first kappa shape index (κ1) is 14.9. The third-order valence-corrected chi connectivity index (χ3v) is 4.10. The summed E-state index contributed by atoms with van der Waals surface area (Å²) in [6.45, 7) is 6.47. The van der Waals surface area contributed by atoms with E-state index < -0.39 is 9.84 Å². The average Bonchev–Trinajstić information content (AvgIpc) is 2.01. The standard InChI is InChI=1S/C10H23NO3S/c1-4-11-10(5-6-12)8-15(13,14)7-9(2)3/h9-12H,4-8H2,1-3H3. The van der Waals surface area contributed by atoms with Gasteiger partial charge in [0.2, 0.25) is 0 Å². The lowest BCUT2D eigenvalue weighted by Crippen LogP contribution is -2.37. The van der Waals surface area contributed by atoms with Gasteiger partial charge in [0.15, 0.2) is 9.84 Å². The van der Waals surface area contributed by atoms with E-state index in [0.717, 1.165) is 6.54 Å². The van der Waals surface area contributed by atoms with E-state index in [0.29, 0.717) is 6.42 Å². The SMILES string of the molecule is CCNC(CCO)CS(=O)(=O)CC(C)C. The van der Waals surface area contributed by atoms with Crippen LogP contribution in [0.25, 0.3) is 0 Å². The first-order valence-corrected chi connectivity index (χ1v) is 7.28.